The molecule has 0 aromatic heterocycles. The van der Waals surface area contributed by atoms with Gasteiger partial charge >= 0.3 is 0 Å². The third-order valence-electron chi connectivity index (χ3n) is 1.47. The maximum absolute atomic E-state index is 10.4. The Morgan fingerprint density at radius 1 is 1.20 bits per heavy atom. The van der Waals surface area contributed by atoms with Crippen LogP contribution in [0.1, 0.15) is 26.7 Å². The van der Waals surface area contributed by atoms with Gasteiger partial charge in [0.25, 0.3) is 0 Å². The van der Waals surface area contributed by atoms with Crippen LogP contribution in [0.15, 0.2) is 0 Å². The Balaban J connectivity index is 3.69. The van der Waals surface area contributed by atoms with E-state index in [0.717, 1.165) is 24.3 Å². The molecule has 0 aliphatic carbocycles. The van der Waals surface area contributed by atoms with Gasteiger partial charge in [-0.15, -0.1) is 0 Å². The van der Waals surface area contributed by atoms with Crippen LogP contribution in [0.3, 0.4) is 0 Å². The van der Waals surface area contributed by atoms with Gasteiger partial charge in [-0.3, -0.25) is 0 Å². The minimum atomic E-state index is -1.11. The van der Waals surface area contributed by atoms with E-state index in [0.29, 0.717) is 0 Å². The lowest BCUT2D eigenvalue weighted by Gasteiger charge is -2.31. The third-order valence-corrected chi connectivity index (χ3v) is 4.40. The first kappa shape index (κ1) is 10.3. The van der Waals surface area contributed by atoms with Crippen LogP contribution < -0.4 is 5.26 Å². The average Bonchev–Trinajstić information content (AvgIpc) is 1.89. The van der Waals surface area contributed by atoms with E-state index in [4.69, 9.17) is 0 Å². The fourth-order valence-electron chi connectivity index (χ4n) is 1.06. The molecule has 0 heterocycles. The summed E-state index contributed by atoms with van der Waals surface area (Å²) in [5.41, 5.74) is 0. The highest BCUT2D eigenvalue weighted by atomic mass is 32.3. The van der Waals surface area contributed by atoms with Crippen molar-refractivity contribution in [1.82, 2.24) is 0 Å². The van der Waals surface area contributed by atoms with Gasteiger partial charge in [-0.05, 0) is 23.2 Å². The Morgan fingerprint density at radius 3 is 1.80 bits per heavy atom. The lowest BCUT2D eigenvalue weighted by atomic mass is 10.6. The molecular weight excluding hydrogens is 148 g/mol. The van der Waals surface area contributed by atoms with Crippen LogP contribution in [0, 0.1) is 0 Å². The Labute approximate surface area is 65.0 Å². The largest absolute Gasteiger partial charge is 0.521 e. The predicted octanol–water partition coefficient (Wildman–Crippen LogP) is 1.52. The van der Waals surface area contributed by atoms with E-state index in [2.05, 4.69) is 18.2 Å². The first-order valence-corrected chi connectivity index (χ1v) is 6.10. The molecule has 10 heavy (non-hydrogen) atoms. The summed E-state index contributed by atoms with van der Waals surface area (Å²) in [5, 5.41) is 10.4. The van der Waals surface area contributed by atoms with E-state index in [1.54, 1.807) is 0 Å². The summed E-state index contributed by atoms with van der Waals surface area (Å²) in [7, 11) is -1.11. The van der Waals surface area contributed by atoms with Crippen LogP contribution in [0.4, 0.5) is 0 Å². The van der Waals surface area contributed by atoms with Crippen LogP contribution in [-0.4, -0.2) is 22.1 Å². The second kappa shape index (κ2) is 4.99. The summed E-state index contributed by atoms with van der Waals surface area (Å²) >= 11 is 0. The standard InChI is InChI=1S/C7H18O2S/c1-4-6-10(3,9-8)7-5-2/h9H,4-7H2,1-3H3. The van der Waals surface area contributed by atoms with Crippen molar-refractivity contribution in [1.29, 1.82) is 0 Å². The molecule has 0 aromatic rings. The lowest BCUT2D eigenvalue weighted by molar-refractivity contribution is -0.713. The van der Waals surface area contributed by atoms with E-state index in [1.807, 2.05) is 6.26 Å². The molecule has 0 aliphatic heterocycles. The van der Waals surface area contributed by atoms with Crippen molar-refractivity contribution in [3.8, 4) is 0 Å². The molecule has 0 saturated carbocycles. The fraction of sp³-hybridized carbons (Fsp3) is 1.00. The topological polar surface area (TPSA) is 35.9 Å². The summed E-state index contributed by atoms with van der Waals surface area (Å²) in [6, 6.07) is 0. The highest BCUT2D eigenvalue weighted by molar-refractivity contribution is 8.28. The van der Waals surface area contributed by atoms with Crippen LogP contribution >= 0.6 is 10.3 Å². The molecule has 1 N–H and O–H groups in total. The lowest BCUT2D eigenvalue weighted by Crippen LogP contribution is -2.22. The summed E-state index contributed by atoms with van der Waals surface area (Å²) in [6.07, 6.45) is 4.18. The molecular formula is C7H18O2S. The zero-order valence-corrected chi connectivity index (χ0v) is 7.91. The van der Waals surface area contributed by atoms with E-state index >= 15 is 0 Å². The zero-order chi connectivity index (χ0) is 8.04. The molecule has 0 aromatic carbocycles. The van der Waals surface area contributed by atoms with Crippen LogP contribution in [-0.2, 0) is 0 Å². The van der Waals surface area contributed by atoms with E-state index in [1.165, 1.54) is 0 Å². The van der Waals surface area contributed by atoms with Gasteiger partial charge in [0.1, 0.15) is 0 Å². The maximum Gasteiger partial charge on any atom is 0.0388 e. The molecule has 0 fully saturated rings. The number of rotatable bonds is 5. The van der Waals surface area contributed by atoms with E-state index in [-0.39, 0.29) is 0 Å². The van der Waals surface area contributed by atoms with Gasteiger partial charge in [-0.1, -0.05) is 13.8 Å². The first-order chi connectivity index (χ1) is 4.68. The summed E-state index contributed by atoms with van der Waals surface area (Å²) in [4.78, 5) is 0. The maximum atomic E-state index is 10.4. The predicted molar refractivity (Wildman–Crippen MR) is 46.5 cm³/mol. The average molecular weight is 166 g/mol. The molecule has 3 heteroatoms. The van der Waals surface area contributed by atoms with Gasteiger partial charge in [0, 0.05) is 17.8 Å². The quantitative estimate of drug-likeness (QED) is 0.346. The Kier molecular flexibility index (Phi) is 5.13. The summed E-state index contributed by atoms with van der Waals surface area (Å²) < 4.78 is 3.23. The minimum Gasteiger partial charge on any atom is -0.521 e. The van der Waals surface area contributed by atoms with Crippen molar-refractivity contribution in [3.63, 3.8) is 0 Å². The number of hydrogen-bond donors (Lipinski definition) is 0. The zero-order valence-electron chi connectivity index (χ0n) is 7.09. The molecule has 0 amide bonds. The Bertz CT molecular complexity index is 79.7. The second-order valence-electron chi connectivity index (χ2n) is 2.71. The molecule has 0 unspecified atom stereocenters. The van der Waals surface area contributed by atoms with Gasteiger partial charge in [0.15, 0.2) is 0 Å². The van der Waals surface area contributed by atoms with Gasteiger partial charge in [-0.25, -0.2) is 0 Å². The Morgan fingerprint density at radius 2 is 1.60 bits per heavy atom. The molecule has 0 saturated heterocycles. The van der Waals surface area contributed by atoms with Crippen LogP contribution in [0.5, 0.6) is 0 Å². The first-order valence-electron chi connectivity index (χ1n) is 3.76. The van der Waals surface area contributed by atoms with Crippen molar-refractivity contribution < 1.29 is 9.59 Å². The SMILES string of the molecule is CCCS(C)(CCC)[OH+][O-]. The van der Waals surface area contributed by atoms with Crippen molar-refractivity contribution in [2.24, 2.45) is 0 Å². The van der Waals surface area contributed by atoms with Gasteiger partial charge < -0.3 is 9.59 Å². The van der Waals surface area contributed by atoms with Gasteiger partial charge in [-0.2, -0.15) is 0 Å². The normalized spacial score (nSPS) is 13.6. The van der Waals surface area contributed by atoms with E-state index < -0.39 is 10.3 Å². The molecule has 0 rings (SSSR count). The molecule has 0 atom stereocenters. The molecule has 0 radical (unpaired) electrons. The monoisotopic (exact) mass is 166 g/mol. The molecule has 0 bridgehead atoms. The van der Waals surface area contributed by atoms with Crippen molar-refractivity contribution >= 4 is 10.3 Å². The molecule has 0 aliphatic rings. The Hall–Kier alpha value is 0.270. The third kappa shape index (κ3) is 3.44. The summed E-state index contributed by atoms with van der Waals surface area (Å²) in [5.74, 6) is 2.01. The van der Waals surface area contributed by atoms with Crippen LogP contribution in [0.25, 0.3) is 0 Å². The fourth-order valence-corrected chi connectivity index (χ4v) is 3.17. The smallest absolute Gasteiger partial charge is 0.0388 e. The van der Waals surface area contributed by atoms with E-state index in [9.17, 15) is 5.26 Å². The van der Waals surface area contributed by atoms with Crippen LogP contribution in [0.2, 0.25) is 0 Å². The van der Waals surface area contributed by atoms with Gasteiger partial charge in [0.05, 0.1) is 0 Å². The highest BCUT2D eigenvalue weighted by Gasteiger charge is 2.17. The van der Waals surface area contributed by atoms with Crippen molar-refractivity contribution in [2.75, 3.05) is 17.8 Å². The minimum absolute atomic E-state index is 1.00. The molecule has 2 nitrogen and oxygen atoms in total. The second-order valence-corrected chi connectivity index (χ2v) is 6.12. The van der Waals surface area contributed by atoms with Crippen molar-refractivity contribution in [2.45, 2.75) is 26.7 Å². The van der Waals surface area contributed by atoms with Gasteiger partial charge in [0.2, 0.25) is 0 Å². The molecule has 64 valence electrons. The van der Waals surface area contributed by atoms with Crippen molar-refractivity contribution in [3.05, 3.63) is 0 Å². The molecule has 0 spiro atoms. The highest BCUT2D eigenvalue weighted by Crippen LogP contribution is 2.41. The summed E-state index contributed by atoms with van der Waals surface area (Å²) in [6.45, 7) is 4.21. The number of hydrogen-bond acceptors (Lipinski definition) is 1.